The molecule has 4 nitrogen and oxygen atoms in total. The summed E-state index contributed by atoms with van der Waals surface area (Å²) >= 11 is 0. The van der Waals surface area contributed by atoms with E-state index in [1.807, 2.05) is 0 Å². The molecule has 0 saturated heterocycles. The van der Waals surface area contributed by atoms with Crippen molar-refractivity contribution < 1.29 is 28.0 Å². The Bertz CT molecular complexity index is 647. The van der Waals surface area contributed by atoms with Crippen molar-refractivity contribution >= 4 is 12.6 Å². The van der Waals surface area contributed by atoms with Gasteiger partial charge >= 0.3 is 13.5 Å². The number of ether oxygens (including phenoxy) is 1. The fourth-order valence-electron chi connectivity index (χ4n) is 2.03. The Labute approximate surface area is 119 Å². The first-order chi connectivity index (χ1) is 9.78. The first-order valence-electron chi connectivity index (χ1n) is 5.96. The van der Waals surface area contributed by atoms with Crippen LogP contribution in [0.1, 0.15) is 5.69 Å². The van der Waals surface area contributed by atoms with Crippen LogP contribution in [-0.2, 0) is 0 Å². The van der Waals surface area contributed by atoms with Crippen molar-refractivity contribution in [3.8, 4) is 16.9 Å². The van der Waals surface area contributed by atoms with Gasteiger partial charge in [-0.3, -0.25) is 4.98 Å². The van der Waals surface area contributed by atoms with E-state index >= 15 is 0 Å². The lowest BCUT2D eigenvalue weighted by molar-refractivity contribution is -0.274. The zero-order valence-corrected chi connectivity index (χ0v) is 10.9. The first-order valence-corrected chi connectivity index (χ1v) is 5.96. The van der Waals surface area contributed by atoms with Gasteiger partial charge in [-0.05, 0) is 36.1 Å². The number of hydrogen-bond acceptors (Lipinski definition) is 4. The predicted molar refractivity (Wildman–Crippen MR) is 70.9 cm³/mol. The number of alkyl halides is 3. The molecule has 2 aromatic rings. The second-order valence-electron chi connectivity index (χ2n) is 4.31. The highest BCUT2D eigenvalue weighted by Gasteiger charge is 2.31. The van der Waals surface area contributed by atoms with Crippen molar-refractivity contribution in [2.75, 3.05) is 0 Å². The monoisotopic (exact) mass is 297 g/mol. The molecule has 0 spiro atoms. The standard InChI is InChI=1S/C13H11BF3NO3/c1-8-12(11(14(19)20)5-6-18-8)9-3-2-4-10(7-9)21-13(15,16)17/h2-7,19-20H,1H3. The van der Waals surface area contributed by atoms with Crippen molar-refractivity contribution in [3.05, 3.63) is 42.2 Å². The molecule has 0 aliphatic carbocycles. The van der Waals surface area contributed by atoms with E-state index in [0.717, 1.165) is 6.07 Å². The van der Waals surface area contributed by atoms with Crippen LogP contribution in [0.4, 0.5) is 13.2 Å². The van der Waals surface area contributed by atoms with Crippen LogP contribution in [-0.4, -0.2) is 28.5 Å². The number of nitrogens with zero attached hydrogens (tertiary/aromatic N) is 1. The van der Waals surface area contributed by atoms with Gasteiger partial charge < -0.3 is 14.8 Å². The molecule has 21 heavy (non-hydrogen) atoms. The minimum Gasteiger partial charge on any atom is -0.423 e. The van der Waals surface area contributed by atoms with E-state index in [2.05, 4.69) is 9.72 Å². The Morgan fingerprint density at radius 1 is 1.19 bits per heavy atom. The molecule has 110 valence electrons. The average Bonchev–Trinajstić information content (AvgIpc) is 2.36. The highest BCUT2D eigenvalue weighted by molar-refractivity contribution is 6.60. The smallest absolute Gasteiger partial charge is 0.423 e. The third kappa shape index (κ3) is 3.74. The maximum atomic E-state index is 12.2. The number of halogens is 3. The molecule has 0 saturated carbocycles. The molecular formula is C13H11BF3NO3. The number of rotatable bonds is 3. The molecule has 1 aromatic carbocycles. The number of pyridine rings is 1. The number of benzene rings is 1. The maximum Gasteiger partial charge on any atom is 0.573 e. The molecule has 0 radical (unpaired) electrons. The quantitative estimate of drug-likeness (QED) is 0.845. The van der Waals surface area contributed by atoms with Gasteiger partial charge in [0.05, 0.1) is 0 Å². The Kier molecular flexibility index (Phi) is 4.20. The largest absolute Gasteiger partial charge is 0.573 e. The Morgan fingerprint density at radius 3 is 2.52 bits per heavy atom. The predicted octanol–water partition coefficient (Wildman–Crippen LogP) is 1.64. The summed E-state index contributed by atoms with van der Waals surface area (Å²) in [6.45, 7) is 1.62. The SMILES string of the molecule is Cc1nccc(B(O)O)c1-c1cccc(OC(F)(F)F)c1. The van der Waals surface area contributed by atoms with E-state index in [4.69, 9.17) is 0 Å². The highest BCUT2D eigenvalue weighted by atomic mass is 19.4. The minimum absolute atomic E-state index is 0.159. The molecule has 0 aliphatic heterocycles. The van der Waals surface area contributed by atoms with Crippen LogP contribution in [0.2, 0.25) is 0 Å². The lowest BCUT2D eigenvalue weighted by atomic mass is 9.75. The maximum absolute atomic E-state index is 12.2. The third-order valence-electron chi connectivity index (χ3n) is 2.81. The van der Waals surface area contributed by atoms with Crippen LogP contribution < -0.4 is 10.2 Å². The average molecular weight is 297 g/mol. The summed E-state index contributed by atoms with van der Waals surface area (Å²) < 4.78 is 40.6. The topological polar surface area (TPSA) is 62.6 Å². The van der Waals surface area contributed by atoms with Crippen LogP contribution >= 0.6 is 0 Å². The molecule has 1 aromatic heterocycles. The second kappa shape index (κ2) is 5.75. The molecule has 0 amide bonds. The van der Waals surface area contributed by atoms with Crippen molar-refractivity contribution in [3.63, 3.8) is 0 Å². The summed E-state index contributed by atoms with van der Waals surface area (Å²) in [5.41, 5.74) is 1.34. The number of hydrogen-bond donors (Lipinski definition) is 2. The fraction of sp³-hybridized carbons (Fsp3) is 0.154. The lowest BCUT2D eigenvalue weighted by Crippen LogP contribution is -2.32. The molecule has 0 bridgehead atoms. The Morgan fingerprint density at radius 2 is 1.90 bits per heavy atom. The van der Waals surface area contributed by atoms with E-state index in [0.29, 0.717) is 16.8 Å². The van der Waals surface area contributed by atoms with Gasteiger partial charge in [0.2, 0.25) is 0 Å². The zero-order chi connectivity index (χ0) is 15.6. The van der Waals surface area contributed by atoms with Crippen LogP contribution in [0.15, 0.2) is 36.5 Å². The molecule has 0 unspecified atom stereocenters. The summed E-state index contributed by atoms with van der Waals surface area (Å²) in [6, 6.07) is 6.65. The van der Waals surface area contributed by atoms with Gasteiger partial charge in [0.1, 0.15) is 5.75 Å². The normalized spacial score (nSPS) is 11.3. The van der Waals surface area contributed by atoms with E-state index in [-0.39, 0.29) is 11.2 Å². The number of aromatic nitrogens is 1. The fourth-order valence-corrected chi connectivity index (χ4v) is 2.03. The van der Waals surface area contributed by atoms with Crippen LogP contribution in [0, 0.1) is 6.92 Å². The zero-order valence-electron chi connectivity index (χ0n) is 10.9. The molecule has 1 heterocycles. The van der Waals surface area contributed by atoms with Gasteiger partial charge in [-0.25, -0.2) is 0 Å². The van der Waals surface area contributed by atoms with Crippen LogP contribution in [0.3, 0.4) is 0 Å². The van der Waals surface area contributed by atoms with E-state index in [1.165, 1.54) is 24.4 Å². The van der Waals surface area contributed by atoms with Gasteiger partial charge in [0.15, 0.2) is 0 Å². The summed E-state index contributed by atoms with van der Waals surface area (Å²) in [4.78, 5) is 4.02. The summed E-state index contributed by atoms with van der Waals surface area (Å²) in [5, 5.41) is 18.7. The Hall–Kier alpha value is -2.06. The van der Waals surface area contributed by atoms with E-state index in [9.17, 15) is 23.2 Å². The van der Waals surface area contributed by atoms with Crippen molar-refractivity contribution in [2.45, 2.75) is 13.3 Å². The summed E-state index contributed by atoms with van der Waals surface area (Å²) in [5.74, 6) is -0.387. The highest BCUT2D eigenvalue weighted by Crippen LogP contribution is 2.28. The molecule has 0 atom stereocenters. The molecular weight excluding hydrogens is 286 g/mol. The third-order valence-corrected chi connectivity index (χ3v) is 2.81. The van der Waals surface area contributed by atoms with Crippen molar-refractivity contribution in [1.29, 1.82) is 0 Å². The van der Waals surface area contributed by atoms with Crippen LogP contribution in [0.25, 0.3) is 11.1 Å². The second-order valence-corrected chi connectivity index (χ2v) is 4.31. The van der Waals surface area contributed by atoms with E-state index < -0.39 is 13.5 Å². The molecule has 0 aliphatic rings. The van der Waals surface area contributed by atoms with Crippen LogP contribution in [0.5, 0.6) is 5.75 Å². The van der Waals surface area contributed by atoms with E-state index in [1.54, 1.807) is 13.0 Å². The molecule has 2 rings (SSSR count). The molecule has 2 N–H and O–H groups in total. The van der Waals surface area contributed by atoms with Crippen molar-refractivity contribution in [1.82, 2.24) is 4.98 Å². The van der Waals surface area contributed by atoms with Crippen molar-refractivity contribution in [2.24, 2.45) is 0 Å². The molecule has 8 heteroatoms. The minimum atomic E-state index is -4.79. The summed E-state index contributed by atoms with van der Waals surface area (Å²) in [6.07, 6.45) is -3.40. The van der Waals surface area contributed by atoms with Gasteiger partial charge in [0.25, 0.3) is 0 Å². The van der Waals surface area contributed by atoms with Gasteiger partial charge in [0, 0.05) is 17.5 Å². The van der Waals surface area contributed by atoms with Gasteiger partial charge in [-0.1, -0.05) is 12.1 Å². The molecule has 0 fully saturated rings. The Balaban J connectivity index is 2.50. The summed E-state index contributed by atoms with van der Waals surface area (Å²) in [7, 11) is -1.76. The van der Waals surface area contributed by atoms with Gasteiger partial charge in [-0.2, -0.15) is 0 Å². The number of aryl methyl sites for hydroxylation is 1. The first kappa shape index (κ1) is 15.3. The van der Waals surface area contributed by atoms with Gasteiger partial charge in [-0.15, -0.1) is 13.2 Å². The lowest BCUT2D eigenvalue weighted by Gasteiger charge is -2.14.